The lowest BCUT2D eigenvalue weighted by Crippen LogP contribution is -2.42. The summed E-state index contributed by atoms with van der Waals surface area (Å²) in [6.07, 6.45) is 0. The summed E-state index contributed by atoms with van der Waals surface area (Å²) < 4.78 is 15.1. The molecule has 9 nitrogen and oxygen atoms in total. The monoisotopic (exact) mass is 324 g/mol. The lowest BCUT2D eigenvalue weighted by Gasteiger charge is -2.26. The van der Waals surface area contributed by atoms with Crippen LogP contribution in [0.25, 0.3) is 0 Å². The van der Waals surface area contributed by atoms with E-state index in [0.717, 1.165) is 0 Å². The van der Waals surface area contributed by atoms with Gasteiger partial charge >= 0.3 is 5.97 Å². The minimum atomic E-state index is -0.690. The second-order valence-electron chi connectivity index (χ2n) is 4.69. The number of carbonyl (C=O) groups excluding carboxylic acids is 2. The van der Waals surface area contributed by atoms with Crippen molar-refractivity contribution in [3.63, 3.8) is 0 Å². The first-order valence-corrected chi connectivity index (χ1v) is 6.94. The molecular weight excluding hydrogens is 308 g/mol. The fourth-order valence-corrected chi connectivity index (χ4v) is 1.89. The standard InChI is InChI=1S/C14H16N2O7/c17-13(15-5-7-21-8-6-15)9-23-14(18)10-22-12-3-1-11(2-4-12)16(19)20/h1-4H,5-10H2. The average Bonchev–Trinajstić information content (AvgIpc) is 2.59. The van der Waals surface area contributed by atoms with Crippen molar-refractivity contribution < 1.29 is 28.7 Å². The molecule has 1 aromatic carbocycles. The largest absolute Gasteiger partial charge is 0.482 e. The van der Waals surface area contributed by atoms with E-state index in [-0.39, 0.29) is 24.8 Å². The van der Waals surface area contributed by atoms with Gasteiger partial charge in [-0.1, -0.05) is 0 Å². The van der Waals surface area contributed by atoms with E-state index in [9.17, 15) is 19.7 Å². The normalized spacial score (nSPS) is 14.2. The van der Waals surface area contributed by atoms with Gasteiger partial charge in [-0.25, -0.2) is 4.79 Å². The first kappa shape index (κ1) is 16.7. The van der Waals surface area contributed by atoms with Crippen LogP contribution in [0.1, 0.15) is 0 Å². The van der Waals surface area contributed by atoms with Crippen LogP contribution in [0.4, 0.5) is 5.69 Å². The van der Waals surface area contributed by atoms with Crippen LogP contribution in [0.15, 0.2) is 24.3 Å². The van der Waals surface area contributed by atoms with Gasteiger partial charge in [0.25, 0.3) is 11.6 Å². The first-order chi connectivity index (χ1) is 11.1. The zero-order valence-electron chi connectivity index (χ0n) is 12.3. The van der Waals surface area contributed by atoms with Crippen molar-refractivity contribution in [2.45, 2.75) is 0 Å². The summed E-state index contributed by atoms with van der Waals surface area (Å²) in [5, 5.41) is 10.5. The third-order valence-electron chi connectivity index (χ3n) is 3.12. The molecule has 0 aromatic heterocycles. The third-order valence-corrected chi connectivity index (χ3v) is 3.12. The van der Waals surface area contributed by atoms with Gasteiger partial charge in [-0.2, -0.15) is 0 Å². The number of benzene rings is 1. The van der Waals surface area contributed by atoms with Crippen LogP contribution in [-0.4, -0.2) is 61.2 Å². The summed E-state index contributed by atoms with van der Waals surface area (Å²) in [6, 6.07) is 5.29. The Hall–Kier alpha value is -2.68. The number of nitrogens with zero attached hydrogens (tertiary/aromatic N) is 2. The fraction of sp³-hybridized carbons (Fsp3) is 0.429. The van der Waals surface area contributed by atoms with E-state index in [0.29, 0.717) is 32.1 Å². The molecule has 0 bridgehead atoms. The Bertz CT molecular complexity index is 567. The molecule has 0 unspecified atom stereocenters. The van der Waals surface area contributed by atoms with Crippen molar-refractivity contribution in [2.24, 2.45) is 0 Å². The summed E-state index contributed by atoms with van der Waals surface area (Å²) in [5.74, 6) is -0.672. The molecule has 0 radical (unpaired) electrons. The third kappa shape index (κ3) is 5.22. The van der Waals surface area contributed by atoms with Crippen molar-refractivity contribution in [1.82, 2.24) is 4.90 Å². The predicted molar refractivity (Wildman–Crippen MR) is 76.9 cm³/mol. The summed E-state index contributed by atoms with van der Waals surface area (Å²) in [5.41, 5.74) is -0.0731. The summed E-state index contributed by atoms with van der Waals surface area (Å²) in [7, 11) is 0. The molecule has 1 heterocycles. The lowest BCUT2D eigenvalue weighted by molar-refractivity contribution is -0.384. The van der Waals surface area contributed by atoms with Crippen molar-refractivity contribution >= 4 is 17.6 Å². The Labute approximate surface area is 131 Å². The van der Waals surface area contributed by atoms with Crippen LogP contribution in [-0.2, 0) is 19.1 Å². The second kappa shape index (κ2) is 8.08. The highest BCUT2D eigenvalue weighted by atomic mass is 16.6. The van der Waals surface area contributed by atoms with E-state index >= 15 is 0 Å². The van der Waals surface area contributed by atoms with Crippen LogP contribution >= 0.6 is 0 Å². The Morgan fingerprint density at radius 2 is 1.83 bits per heavy atom. The first-order valence-electron chi connectivity index (χ1n) is 6.94. The smallest absolute Gasteiger partial charge is 0.344 e. The quantitative estimate of drug-likeness (QED) is 0.422. The maximum atomic E-state index is 11.8. The van der Waals surface area contributed by atoms with E-state index in [2.05, 4.69) is 0 Å². The molecular formula is C14H16N2O7. The Kier molecular flexibility index (Phi) is 5.87. The maximum absolute atomic E-state index is 11.8. The van der Waals surface area contributed by atoms with Crippen molar-refractivity contribution in [3.8, 4) is 5.75 Å². The second-order valence-corrected chi connectivity index (χ2v) is 4.69. The maximum Gasteiger partial charge on any atom is 0.344 e. The van der Waals surface area contributed by atoms with Gasteiger partial charge in [0.2, 0.25) is 0 Å². The van der Waals surface area contributed by atoms with E-state index in [1.54, 1.807) is 4.90 Å². The molecule has 1 saturated heterocycles. The molecule has 1 fully saturated rings. The molecule has 9 heteroatoms. The molecule has 1 aliphatic rings. The minimum Gasteiger partial charge on any atom is -0.482 e. The van der Waals surface area contributed by atoms with Gasteiger partial charge in [-0.15, -0.1) is 0 Å². The molecule has 1 amide bonds. The number of morpholine rings is 1. The Morgan fingerprint density at radius 3 is 2.43 bits per heavy atom. The highest BCUT2D eigenvalue weighted by Gasteiger charge is 2.18. The number of non-ortho nitro benzene ring substituents is 1. The van der Waals surface area contributed by atoms with Crippen LogP contribution < -0.4 is 4.74 Å². The van der Waals surface area contributed by atoms with Gasteiger partial charge in [0.15, 0.2) is 13.2 Å². The van der Waals surface area contributed by atoms with E-state index in [1.165, 1.54) is 24.3 Å². The molecule has 2 rings (SSSR count). The van der Waals surface area contributed by atoms with Crippen LogP contribution in [0.2, 0.25) is 0 Å². The van der Waals surface area contributed by atoms with E-state index in [1.807, 2.05) is 0 Å². The molecule has 1 aliphatic heterocycles. The number of ether oxygens (including phenoxy) is 3. The molecule has 0 aliphatic carbocycles. The van der Waals surface area contributed by atoms with E-state index < -0.39 is 10.9 Å². The molecule has 1 aromatic rings. The predicted octanol–water partition coefficient (Wildman–Crippen LogP) is 0.376. The van der Waals surface area contributed by atoms with Crippen molar-refractivity contribution in [2.75, 3.05) is 39.5 Å². The topological polar surface area (TPSA) is 108 Å². The number of amides is 1. The van der Waals surface area contributed by atoms with Gasteiger partial charge < -0.3 is 19.1 Å². The van der Waals surface area contributed by atoms with Gasteiger partial charge in [-0.3, -0.25) is 14.9 Å². The van der Waals surface area contributed by atoms with Crippen molar-refractivity contribution in [1.29, 1.82) is 0 Å². The highest BCUT2D eigenvalue weighted by Crippen LogP contribution is 2.17. The lowest BCUT2D eigenvalue weighted by atomic mass is 10.3. The van der Waals surface area contributed by atoms with Gasteiger partial charge in [0.1, 0.15) is 5.75 Å². The summed E-state index contributed by atoms with van der Waals surface area (Å²) >= 11 is 0. The molecule has 0 saturated carbocycles. The number of hydrogen-bond acceptors (Lipinski definition) is 7. The number of carbonyl (C=O) groups is 2. The van der Waals surface area contributed by atoms with Crippen LogP contribution in [0.5, 0.6) is 5.75 Å². The number of nitro benzene ring substituents is 1. The number of nitro groups is 1. The Morgan fingerprint density at radius 1 is 1.17 bits per heavy atom. The molecule has 0 N–H and O–H groups in total. The molecule has 23 heavy (non-hydrogen) atoms. The molecule has 0 spiro atoms. The summed E-state index contributed by atoms with van der Waals surface area (Å²) in [6.45, 7) is 1.19. The van der Waals surface area contributed by atoms with E-state index in [4.69, 9.17) is 14.2 Å². The highest BCUT2D eigenvalue weighted by molar-refractivity contribution is 5.81. The minimum absolute atomic E-state index is 0.0731. The molecule has 124 valence electrons. The fourth-order valence-electron chi connectivity index (χ4n) is 1.89. The molecule has 0 atom stereocenters. The number of esters is 1. The zero-order chi connectivity index (χ0) is 16.7. The van der Waals surface area contributed by atoms with Gasteiger partial charge in [-0.05, 0) is 12.1 Å². The SMILES string of the molecule is O=C(COc1ccc([N+](=O)[O-])cc1)OCC(=O)N1CCOCC1. The average molecular weight is 324 g/mol. The van der Waals surface area contributed by atoms with Crippen molar-refractivity contribution in [3.05, 3.63) is 34.4 Å². The van der Waals surface area contributed by atoms with Crippen LogP contribution in [0.3, 0.4) is 0 Å². The number of hydrogen-bond donors (Lipinski definition) is 0. The number of rotatable bonds is 6. The van der Waals surface area contributed by atoms with Gasteiger partial charge in [0, 0.05) is 25.2 Å². The summed E-state index contributed by atoms with van der Waals surface area (Å²) in [4.78, 5) is 34.8. The Balaban J connectivity index is 1.70. The van der Waals surface area contributed by atoms with Crippen LogP contribution in [0, 0.1) is 10.1 Å². The van der Waals surface area contributed by atoms with Gasteiger partial charge in [0.05, 0.1) is 18.1 Å². The zero-order valence-corrected chi connectivity index (χ0v) is 12.3.